The molecule has 20 atom stereocenters. The van der Waals surface area contributed by atoms with Gasteiger partial charge >= 0.3 is 30.0 Å². The number of nitrogens with zero attached hydrogens (tertiary/aromatic N) is 1. The molecule has 3 heterocycles. The van der Waals surface area contributed by atoms with Gasteiger partial charge in [-0.15, -0.1) is 0 Å². The Balaban J connectivity index is 0.863. The van der Waals surface area contributed by atoms with Gasteiger partial charge in [-0.2, -0.15) is 0 Å². The number of para-hydroxylation sites is 1. The van der Waals surface area contributed by atoms with Crippen molar-refractivity contribution in [3.63, 3.8) is 0 Å². The Morgan fingerprint density at radius 2 is 1.26 bits per heavy atom. The minimum atomic E-state index is -2.30. The first-order chi connectivity index (χ1) is 68.7. The number of hydrogen-bond donors (Lipinski definition) is 16. The number of carbonyl (C=O) groups is 16. The van der Waals surface area contributed by atoms with Gasteiger partial charge in [-0.05, 0) is 105 Å². The van der Waals surface area contributed by atoms with Crippen molar-refractivity contribution >= 4 is 106 Å². The average molecular weight is 2010 g/mol. The van der Waals surface area contributed by atoms with E-state index in [-0.39, 0.29) is 79.4 Å². The highest BCUT2D eigenvalue weighted by Crippen LogP contribution is 2.63. The molecule has 0 radical (unpaired) electrons. The van der Waals surface area contributed by atoms with Crippen LogP contribution in [0.2, 0.25) is 0 Å². The summed E-state index contributed by atoms with van der Waals surface area (Å²) in [6, 6.07) is 20.2. The topological polar surface area (TPSA) is 603 Å². The molecule has 6 aromatic rings. The largest absolute Gasteiger partial charge is 0.455 e. The number of unbranched alkanes of at least 4 members (excludes halogenated alkanes) is 1. The number of ketones is 1. The van der Waals surface area contributed by atoms with E-state index < -0.39 is 271 Å². The summed E-state index contributed by atoms with van der Waals surface area (Å²) in [4.78, 5) is 239. The first-order valence-electron chi connectivity index (χ1n) is 49.3. The van der Waals surface area contributed by atoms with E-state index in [1.807, 2.05) is 34.6 Å². The fourth-order valence-corrected chi connectivity index (χ4v) is 19.6. The van der Waals surface area contributed by atoms with Gasteiger partial charge < -0.3 is 118 Å². The molecule has 4 aliphatic rings. The lowest BCUT2D eigenvalue weighted by atomic mass is 9.52. The summed E-state index contributed by atoms with van der Waals surface area (Å²) in [6.45, 7) is 21.3. The summed E-state index contributed by atoms with van der Waals surface area (Å²) in [5, 5.41) is 63.4. The number of fused-ring (bicyclic) bond motifs is 6. The molecule has 145 heavy (non-hydrogen) atoms. The first kappa shape index (κ1) is 113. The van der Waals surface area contributed by atoms with Crippen molar-refractivity contribution in [1.29, 1.82) is 0 Å². The van der Waals surface area contributed by atoms with Crippen LogP contribution in [0.15, 0.2) is 157 Å². The number of benzene rings is 4. The third kappa shape index (κ3) is 29.6. The number of aliphatic hydroxyl groups is 3. The summed E-state index contributed by atoms with van der Waals surface area (Å²) in [6.07, 6.45) is -7.72. The lowest BCUT2D eigenvalue weighted by molar-refractivity contribution is -0.342. The van der Waals surface area contributed by atoms with Gasteiger partial charge in [0.2, 0.25) is 65.2 Å². The van der Waals surface area contributed by atoms with Crippen LogP contribution in [0, 0.1) is 40.4 Å². The molecular weight excluding hydrogens is 1870 g/mol. The molecule has 1 saturated heterocycles. The first-order valence-corrected chi connectivity index (χ1v) is 49.3. The van der Waals surface area contributed by atoms with Crippen molar-refractivity contribution in [3.8, 4) is 0 Å². The van der Waals surface area contributed by atoms with Gasteiger partial charge in [0.1, 0.15) is 54.5 Å². The van der Waals surface area contributed by atoms with Crippen LogP contribution in [0.1, 0.15) is 214 Å². The zero-order valence-electron chi connectivity index (χ0n) is 84.5. The van der Waals surface area contributed by atoms with Gasteiger partial charge in [-0.3, -0.25) is 67.1 Å². The number of primary amides is 2. The number of Topliss-reactive ketones (excluding diaryl/α,β-unsaturated/α-hetero) is 1. The summed E-state index contributed by atoms with van der Waals surface area (Å²) >= 11 is 0. The number of nitrogens with one attached hydrogen (secondary N) is 11. The number of H-pyrrole nitrogens is 2. The van der Waals surface area contributed by atoms with E-state index in [1.165, 1.54) is 45.4 Å². The molecule has 11 amide bonds. The fourth-order valence-electron chi connectivity index (χ4n) is 19.6. The van der Waals surface area contributed by atoms with Crippen molar-refractivity contribution in [2.45, 2.75) is 296 Å². The van der Waals surface area contributed by atoms with E-state index in [1.54, 1.807) is 149 Å². The Morgan fingerprint density at radius 1 is 0.641 bits per heavy atom. The Hall–Kier alpha value is -13.6. The maximum atomic E-state index is 16.3. The van der Waals surface area contributed by atoms with E-state index in [0.29, 0.717) is 53.4 Å². The lowest BCUT2D eigenvalue weighted by Gasteiger charge is -2.63. The van der Waals surface area contributed by atoms with Crippen molar-refractivity contribution in [1.82, 2.24) is 62.8 Å². The average Bonchev–Trinajstić information content (AvgIpc) is 1.63. The van der Waals surface area contributed by atoms with Gasteiger partial charge in [0.25, 0.3) is 0 Å². The molecule has 2 saturated carbocycles. The fraction of sp³-hybridized carbons (Fsp3) is 0.533. The predicted molar refractivity (Wildman–Crippen MR) is 527 cm³/mol. The number of nitrogens with two attached hydrogens (primary N) is 2. The Bertz CT molecular complexity index is 5620. The molecule has 18 N–H and O–H groups in total. The minimum Gasteiger partial charge on any atom is -0.455 e. The monoisotopic (exact) mass is 2010 g/mol. The summed E-state index contributed by atoms with van der Waals surface area (Å²) in [7, 11) is 0. The maximum absolute atomic E-state index is 16.3. The molecule has 3 fully saturated rings. The maximum Gasteiger partial charge on any atom is 0.407 e. The number of aromatic amines is 2. The van der Waals surface area contributed by atoms with Crippen LogP contribution in [0.5, 0.6) is 0 Å². The van der Waals surface area contributed by atoms with Gasteiger partial charge in [0, 0.05) is 124 Å². The van der Waals surface area contributed by atoms with Crippen LogP contribution in [-0.4, -0.2) is 235 Å². The molecule has 40 heteroatoms. The number of aromatic nitrogens is 3. The summed E-state index contributed by atoms with van der Waals surface area (Å²) < 4.78 is 43.2. The number of ether oxygens (including phenoxy) is 7. The molecule has 786 valence electrons. The van der Waals surface area contributed by atoms with Crippen LogP contribution in [-0.2, 0) is 124 Å². The van der Waals surface area contributed by atoms with Crippen LogP contribution >= 0.6 is 0 Å². The number of rotatable bonds is 50. The van der Waals surface area contributed by atoms with Gasteiger partial charge in [0.05, 0.1) is 55.2 Å². The highest BCUT2D eigenvalue weighted by atomic mass is 16.6. The standard InChI is InChI=1S/C105H140N14O26/c1-15-16-43-139-101(137)119-87(65-31-22-18-23-32-65)89(100(136)142-77-50-104(138)51-78(143-99(135)66-33-24-19-25-34-66)90-103(14,79(122)49-80-105(90,55-140-80)145-63(11)121)91(127)88(141-62(10)120)85(60(77)8)102(104,12)13)144-84(126)38-28-37-82(124)114-74(46-64-29-20-17-21-30-64)97(133)116-73(41-42-81(106)123)94(130)117-75(47-68-52-109-72-36-27-26-35-71(68)72)95(131)112-61(9)93(129)118-86(59(6)7)98(134)110-54-83(125)115-76(48-70-53-108-56-111-70)96(132)113-69(45-58(4)5)40-39-67(92(107)128)44-57(2)3/h17-27,29-36,39-40,52-53,56-59,61,67,69,73-80,86-90,99,109,122,135,138H,15-16,28,37-38,41-51,54-55H2,1-14H3,(H2,106,123)(H2,107,128)(H,108,111)(H,110,134)(H,112,131)(H,113,132)(H,114,124)(H,115,125)(H,116,133)(H,117,130)(H,118,129)(H,119,137)/b40-39+/t61-,67-,69+,73-,74-,75-,76-,77-,78?,79-,80+,86-,87+,88+,89+,90?,99?,103+,104+,105-/m0/s1. The van der Waals surface area contributed by atoms with Crippen LogP contribution in [0.3, 0.4) is 0 Å². The zero-order chi connectivity index (χ0) is 106. The second kappa shape index (κ2) is 51.3. The SMILES string of the molecule is CCCCOC(=O)N[C@H](c1ccccc1)[C@@H](OC(=O)CCCC(=O)N[C@@H](Cc1ccccc1)C(=O)N[C@@H](CCC(N)=O)C(=O)N[C@@H](Cc1c[nH]c2ccccc12)C(=O)N[C@@H](C)C(=O)N[C@H](C(=O)NCC(=O)N[C@@H](Cc1cnc[nH]1)C(=O)N[C@H](/C=C/[C@@H](CC(C)C)C(N)=O)CC(C)C)C(C)C)C(=O)O[C@H]1C[C@@]2(O)CC(OC(O)c3ccccc3)C3[C@](C)(C(=O)[C@H](OC(C)=O)C(=C1C)C2(C)C)[C@@H](O)C[C@H]1OC[C@@]31OC(C)=O. The normalized spacial score (nSPS) is 22.3. The second-order valence-electron chi connectivity index (χ2n) is 39.9. The smallest absolute Gasteiger partial charge is 0.407 e. The molecule has 2 aromatic heterocycles. The molecule has 3 unspecified atom stereocenters. The highest BCUT2D eigenvalue weighted by molar-refractivity contribution is 5.99. The van der Waals surface area contributed by atoms with Gasteiger partial charge in [-0.25, -0.2) is 14.6 Å². The third-order valence-corrected chi connectivity index (χ3v) is 27.3. The Kier molecular flexibility index (Phi) is 40.1. The molecule has 4 aromatic carbocycles. The molecule has 0 spiro atoms. The number of esters is 4. The summed E-state index contributed by atoms with van der Waals surface area (Å²) in [5.41, 5.74) is 5.97. The number of amides is 11. The van der Waals surface area contributed by atoms with E-state index in [9.17, 15) is 72.9 Å². The van der Waals surface area contributed by atoms with E-state index in [0.717, 1.165) is 13.8 Å². The number of hydrogen-bond acceptors (Lipinski definition) is 27. The zero-order valence-corrected chi connectivity index (χ0v) is 84.5. The molecule has 2 bridgehead atoms. The van der Waals surface area contributed by atoms with E-state index in [2.05, 4.69) is 62.8 Å². The molecule has 1 aliphatic heterocycles. The van der Waals surface area contributed by atoms with Crippen LogP contribution in [0.25, 0.3) is 10.9 Å². The van der Waals surface area contributed by atoms with Gasteiger partial charge in [0.15, 0.2) is 23.8 Å². The van der Waals surface area contributed by atoms with Crippen LogP contribution < -0.4 is 59.3 Å². The van der Waals surface area contributed by atoms with Gasteiger partial charge in [-0.1, -0.05) is 190 Å². The number of alkyl carbamates (subject to hydrolysis) is 1. The van der Waals surface area contributed by atoms with E-state index in [4.69, 9.17) is 44.6 Å². The van der Waals surface area contributed by atoms with E-state index >= 15 is 19.2 Å². The minimum absolute atomic E-state index is 0.0427. The quantitative estimate of drug-likeness (QED) is 0.00692. The lowest BCUT2D eigenvalue weighted by Crippen LogP contribution is -2.77. The highest BCUT2D eigenvalue weighted by Gasteiger charge is 2.75. The second-order valence-corrected chi connectivity index (χ2v) is 39.9. The van der Waals surface area contributed by atoms with Crippen molar-refractivity contribution in [2.24, 2.45) is 51.9 Å². The summed E-state index contributed by atoms with van der Waals surface area (Å²) in [5.74, 6) is -16.0. The Morgan fingerprint density at radius 3 is 1.87 bits per heavy atom. The number of carbonyl (C=O) groups excluding carboxylic acids is 16. The van der Waals surface area contributed by atoms with Crippen molar-refractivity contribution in [2.75, 3.05) is 19.8 Å². The number of imidazole rings is 1. The molecule has 3 aliphatic carbocycles. The Labute approximate surface area is 842 Å². The molecule has 10 rings (SSSR count). The molecular formula is C105H140N14O26. The van der Waals surface area contributed by atoms with Crippen molar-refractivity contribution < 1.29 is 125 Å². The third-order valence-electron chi connectivity index (χ3n) is 27.3. The number of aliphatic hydroxyl groups excluding tert-OH is 2. The van der Waals surface area contributed by atoms with Crippen LogP contribution in [0.4, 0.5) is 4.79 Å². The van der Waals surface area contributed by atoms with Crippen molar-refractivity contribution in [3.05, 3.63) is 185 Å². The molecule has 40 nitrogen and oxygen atoms in total. The predicted octanol–water partition coefficient (Wildman–Crippen LogP) is 5.93.